The van der Waals surface area contributed by atoms with E-state index >= 15 is 0 Å². The van der Waals surface area contributed by atoms with Crippen molar-refractivity contribution in [1.82, 2.24) is 19.8 Å². The molecule has 1 saturated carbocycles. The second kappa shape index (κ2) is 11.4. The fourth-order valence-corrected chi connectivity index (χ4v) is 6.54. The fraction of sp³-hybridized carbons (Fsp3) is 0.633. The Bertz CT molecular complexity index is 1050. The highest BCUT2D eigenvalue weighted by atomic mass is 16.5. The first-order valence-electron chi connectivity index (χ1n) is 14.3. The van der Waals surface area contributed by atoms with E-state index < -0.39 is 0 Å². The quantitative estimate of drug-likeness (QED) is 0.464. The minimum atomic E-state index is -0.0191. The summed E-state index contributed by atoms with van der Waals surface area (Å²) < 4.78 is 6.35. The van der Waals surface area contributed by atoms with Crippen LogP contribution >= 0.6 is 0 Å². The van der Waals surface area contributed by atoms with Crippen molar-refractivity contribution in [1.29, 1.82) is 0 Å². The number of carbonyl (C=O) groups excluding carboxylic acids is 1. The van der Waals surface area contributed by atoms with Crippen LogP contribution in [-0.4, -0.2) is 71.0 Å². The highest BCUT2D eigenvalue weighted by molar-refractivity contribution is 5.97. The molecule has 200 valence electrons. The van der Waals surface area contributed by atoms with E-state index in [9.17, 15) is 4.79 Å². The standard InChI is InChI=1S/C30H43N5O2/c1-4-35(23(2)3)29(36)25-12-8-9-13-26(25)37-27-18-31-22-32-28(27)34-20-30(21-34)14-16-33(17-15-30)19-24-10-6-5-7-11-24/h8-9,12-13,18,22-24H,4-7,10-11,14-17,19-21H2,1-3H3. The van der Waals surface area contributed by atoms with Gasteiger partial charge in [0.1, 0.15) is 12.1 Å². The van der Waals surface area contributed by atoms with E-state index in [0.29, 0.717) is 29.0 Å². The van der Waals surface area contributed by atoms with Crippen LogP contribution in [0.1, 0.15) is 76.1 Å². The van der Waals surface area contributed by atoms with Crippen LogP contribution in [0.15, 0.2) is 36.8 Å². The van der Waals surface area contributed by atoms with Crippen LogP contribution in [0.5, 0.6) is 11.5 Å². The SMILES string of the molecule is CCN(C(=O)c1ccccc1Oc1cncnc1N1CC2(CCN(CC3CCCCC3)CC2)C1)C(C)C. The first-order valence-corrected chi connectivity index (χ1v) is 14.3. The maximum absolute atomic E-state index is 13.3. The average Bonchev–Trinajstić information content (AvgIpc) is 2.89. The van der Waals surface area contributed by atoms with E-state index in [1.807, 2.05) is 49.9 Å². The molecule has 1 spiro atoms. The molecule has 2 saturated heterocycles. The third-order valence-electron chi connectivity index (χ3n) is 8.73. The molecule has 1 aliphatic carbocycles. The van der Waals surface area contributed by atoms with Gasteiger partial charge < -0.3 is 19.4 Å². The summed E-state index contributed by atoms with van der Waals surface area (Å²) in [5, 5.41) is 0. The molecule has 1 aromatic heterocycles. The number of hydrogen-bond donors (Lipinski definition) is 0. The van der Waals surface area contributed by atoms with Gasteiger partial charge in [0.25, 0.3) is 5.91 Å². The molecular formula is C30H43N5O2. The molecular weight excluding hydrogens is 462 g/mol. The van der Waals surface area contributed by atoms with Crippen LogP contribution in [-0.2, 0) is 0 Å². The summed E-state index contributed by atoms with van der Waals surface area (Å²) in [7, 11) is 0. The Balaban J connectivity index is 1.23. The van der Waals surface area contributed by atoms with Crippen LogP contribution in [0.3, 0.4) is 0 Å². The van der Waals surface area contributed by atoms with Gasteiger partial charge in [-0.25, -0.2) is 9.97 Å². The average molecular weight is 506 g/mol. The number of ether oxygens (including phenoxy) is 1. The number of aromatic nitrogens is 2. The Morgan fingerprint density at radius 2 is 1.84 bits per heavy atom. The Hall–Kier alpha value is -2.67. The Morgan fingerprint density at radius 1 is 1.11 bits per heavy atom. The third-order valence-corrected chi connectivity index (χ3v) is 8.73. The maximum Gasteiger partial charge on any atom is 0.257 e. The van der Waals surface area contributed by atoms with Crippen LogP contribution < -0.4 is 9.64 Å². The van der Waals surface area contributed by atoms with Gasteiger partial charge in [0, 0.05) is 37.6 Å². The predicted octanol–water partition coefficient (Wildman–Crippen LogP) is 5.62. The molecule has 37 heavy (non-hydrogen) atoms. The van der Waals surface area contributed by atoms with Gasteiger partial charge >= 0.3 is 0 Å². The van der Waals surface area contributed by atoms with Crippen molar-refractivity contribution in [3.8, 4) is 11.5 Å². The number of para-hydroxylation sites is 1. The molecule has 3 heterocycles. The minimum absolute atomic E-state index is 0.0191. The van der Waals surface area contributed by atoms with Crippen LogP contribution in [0.2, 0.25) is 0 Å². The van der Waals surface area contributed by atoms with E-state index in [0.717, 1.165) is 24.8 Å². The van der Waals surface area contributed by atoms with Gasteiger partial charge in [-0.1, -0.05) is 31.4 Å². The number of piperidine rings is 1. The van der Waals surface area contributed by atoms with Crippen molar-refractivity contribution < 1.29 is 9.53 Å². The molecule has 2 aliphatic heterocycles. The zero-order chi connectivity index (χ0) is 25.8. The van der Waals surface area contributed by atoms with Gasteiger partial charge in [0.2, 0.25) is 0 Å². The number of hydrogen-bond acceptors (Lipinski definition) is 6. The molecule has 1 amide bonds. The van der Waals surface area contributed by atoms with Crippen LogP contribution in [0.25, 0.3) is 0 Å². The Morgan fingerprint density at radius 3 is 2.54 bits per heavy atom. The number of likely N-dealkylation sites (tertiary alicyclic amines) is 1. The summed E-state index contributed by atoms with van der Waals surface area (Å²) >= 11 is 0. The molecule has 7 nitrogen and oxygen atoms in total. The number of rotatable bonds is 8. The second-order valence-corrected chi connectivity index (χ2v) is 11.7. The van der Waals surface area contributed by atoms with E-state index in [-0.39, 0.29) is 11.9 Å². The molecule has 2 aromatic rings. The maximum atomic E-state index is 13.3. The summed E-state index contributed by atoms with van der Waals surface area (Å²) in [5.41, 5.74) is 0.955. The number of carbonyl (C=O) groups is 1. The number of amides is 1. The van der Waals surface area contributed by atoms with Crippen LogP contribution in [0, 0.1) is 11.3 Å². The van der Waals surface area contributed by atoms with E-state index in [1.165, 1.54) is 64.6 Å². The first-order chi connectivity index (χ1) is 18.0. The van der Waals surface area contributed by atoms with Crippen molar-refractivity contribution in [3.63, 3.8) is 0 Å². The van der Waals surface area contributed by atoms with Gasteiger partial charge in [0.05, 0.1) is 11.8 Å². The summed E-state index contributed by atoms with van der Waals surface area (Å²) in [4.78, 5) is 29.0. The fourth-order valence-electron chi connectivity index (χ4n) is 6.54. The number of benzene rings is 1. The lowest BCUT2D eigenvalue weighted by molar-refractivity contribution is 0.0627. The van der Waals surface area contributed by atoms with E-state index in [1.54, 1.807) is 12.5 Å². The highest BCUT2D eigenvalue weighted by Crippen LogP contribution is 2.45. The lowest BCUT2D eigenvalue weighted by Crippen LogP contribution is -2.61. The van der Waals surface area contributed by atoms with Gasteiger partial charge in [0.15, 0.2) is 11.6 Å². The van der Waals surface area contributed by atoms with Gasteiger partial charge in [-0.15, -0.1) is 0 Å². The zero-order valence-electron chi connectivity index (χ0n) is 22.9. The number of nitrogens with zero attached hydrogens (tertiary/aromatic N) is 5. The number of anilines is 1. The molecule has 3 aliphatic rings. The molecule has 0 unspecified atom stereocenters. The van der Waals surface area contributed by atoms with Crippen molar-refractivity contribution in [2.45, 2.75) is 71.8 Å². The summed E-state index contributed by atoms with van der Waals surface area (Å²) in [6.45, 7) is 12.5. The smallest absolute Gasteiger partial charge is 0.257 e. The largest absolute Gasteiger partial charge is 0.451 e. The first kappa shape index (κ1) is 26.0. The third kappa shape index (κ3) is 5.77. The van der Waals surface area contributed by atoms with Crippen molar-refractivity contribution >= 4 is 11.7 Å². The molecule has 3 fully saturated rings. The summed E-state index contributed by atoms with van der Waals surface area (Å²) in [5.74, 6) is 2.88. The molecule has 7 heteroatoms. The monoisotopic (exact) mass is 505 g/mol. The zero-order valence-corrected chi connectivity index (χ0v) is 22.9. The molecule has 0 N–H and O–H groups in total. The Labute approximate surface area is 222 Å². The van der Waals surface area contributed by atoms with Crippen molar-refractivity contribution in [3.05, 3.63) is 42.4 Å². The normalized spacial score (nSPS) is 20.2. The second-order valence-electron chi connectivity index (χ2n) is 11.7. The summed E-state index contributed by atoms with van der Waals surface area (Å²) in [6, 6.07) is 7.61. The van der Waals surface area contributed by atoms with Gasteiger partial charge in [-0.05, 0) is 77.6 Å². The lowest BCUT2D eigenvalue weighted by atomic mass is 9.71. The molecule has 0 atom stereocenters. The highest BCUT2D eigenvalue weighted by Gasteiger charge is 2.46. The van der Waals surface area contributed by atoms with Crippen molar-refractivity contribution in [2.24, 2.45) is 11.3 Å². The molecule has 1 aromatic carbocycles. The van der Waals surface area contributed by atoms with Crippen LogP contribution in [0.4, 0.5) is 5.82 Å². The van der Waals surface area contributed by atoms with Gasteiger partial charge in [-0.2, -0.15) is 0 Å². The Kier molecular flexibility index (Phi) is 7.98. The summed E-state index contributed by atoms with van der Waals surface area (Å²) in [6.07, 6.45) is 13.0. The van der Waals surface area contributed by atoms with Gasteiger partial charge in [-0.3, -0.25) is 4.79 Å². The predicted molar refractivity (Wildman–Crippen MR) is 147 cm³/mol. The molecule has 0 radical (unpaired) electrons. The van der Waals surface area contributed by atoms with E-state index in [2.05, 4.69) is 19.8 Å². The minimum Gasteiger partial charge on any atom is -0.451 e. The lowest BCUT2D eigenvalue weighted by Gasteiger charge is -2.54. The van der Waals surface area contributed by atoms with E-state index in [4.69, 9.17) is 4.74 Å². The molecule has 0 bridgehead atoms. The topological polar surface area (TPSA) is 61.8 Å². The molecule has 5 rings (SSSR count). The van der Waals surface area contributed by atoms with Crippen molar-refractivity contribution in [2.75, 3.05) is 44.2 Å².